The van der Waals surface area contributed by atoms with Crippen LogP contribution in [-0.4, -0.2) is 52.3 Å². The SMILES string of the molecule is COc1cc(OC)cc(C(=O)N2CCC(c3ccccc3Cl)S(=O)(=O)CC2)c1. The first kappa shape index (κ1) is 20.5. The summed E-state index contributed by atoms with van der Waals surface area (Å²) in [6.45, 7) is 0.440. The molecule has 28 heavy (non-hydrogen) atoms. The molecule has 1 atom stereocenters. The van der Waals surface area contributed by atoms with Gasteiger partial charge in [0.25, 0.3) is 5.91 Å². The molecular formula is C20H22ClNO5S. The molecule has 0 aromatic heterocycles. The van der Waals surface area contributed by atoms with Crippen LogP contribution >= 0.6 is 11.6 Å². The Labute approximate surface area is 169 Å². The van der Waals surface area contributed by atoms with Gasteiger partial charge in [-0.25, -0.2) is 8.42 Å². The Morgan fingerprint density at radius 1 is 1.07 bits per heavy atom. The molecule has 1 fully saturated rings. The Morgan fingerprint density at radius 2 is 1.71 bits per heavy atom. The molecule has 150 valence electrons. The van der Waals surface area contributed by atoms with Crippen LogP contribution in [0.2, 0.25) is 5.02 Å². The van der Waals surface area contributed by atoms with Gasteiger partial charge in [-0.3, -0.25) is 4.79 Å². The molecule has 2 aromatic carbocycles. The van der Waals surface area contributed by atoms with Crippen molar-refractivity contribution < 1.29 is 22.7 Å². The van der Waals surface area contributed by atoms with Crippen LogP contribution in [0, 0.1) is 0 Å². The molecule has 1 amide bonds. The fraction of sp³-hybridized carbons (Fsp3) is 0.350. The Bertz CT molecular complexity index is 954. The molecular weight excluding hydrogens is 402 g/mol. The van der Waals surface area contributed by atoms with Crippen molar-refractivity contribution in [1.29, 1.82) is 0 Å². The minimum absolute atomic E-state index is 0.115. The van der Waals surface area contributed by atoms with E-state index in [1.807, 2.05) is 0 Å². The number of nitrogens with zero attached hydrogens (tertiary/aromatic N) is 1. The summed E-state index contributed by atoms with van der Waals surface area (Å²) in [5.41, 5.74) is 0.978. The largest absolute Gasteiger partial charge is 0.497 e. The number of sulfone groups is 1. The van der Waals surface area contributed by atoms with E-state index in [2.05, 4.69) is 0 Å². The van der Waals surface area contributed by atoms with Crippen LogP contribution in [0.1, 0.15) is 27.6 Å². The van der Waals surface area contributed by atoms with E-state index >= 15 is 0 Å². The van der Waals surface area contributed by atoms with Crippen molar-refractivity contribution in [2.75, 3.05) is 33.1 Å². The number of ether oxygens (including phenoxy) is 2. The summed E-state index contributed by atoms with van der Waals surface area (Å²) >= 11 is 6.23. The zero-order valence-electron chi connectivity index (χ0n) is 15.7. The zero-order valence-corrected chi connectivity index (χ0v) is 17.3. The van der Waals surface area contributed by atoms with E-state index in [0.717, 1.165) is 0 Å². The normalized spacial score (nSPS) is 19.0. The molecule has 0 saturated carbocycles. The lowest BCUT2D eigenvalue weighted by Crippen LogP contribution is -2.33. The average Bonchev–Trinajstić information content (AvgIpc) is 2.85. The van der Waals surface area contributed by atoms with Crippen LogP contribution in [0.5, 0.6) is 11.5 Å². The van der Waals surface area contributed by atoms with Gasteiger partial charge in [-0.15, -0.1) is 0 Å². The average molecular weight is 424 g/mol. The van der Waals surface area contributed by atoms with Crippen LogP contribution in [0.3, 0.4) is 0 Å². The number of hydrogen-bond donors (Lipinski definition) is 0. The summed E-state index contributed by atoms with van der Waals surface area (Å²) in [5, 5.41) is -0.299. The predicted molar refractivity (Wildman–Crippen MR) is 108 cm³/mol. The highest BCUT2D eigenvalue weighted by Crippen LogP contribution is 2.34. The molecule has 1 saturated heterocycles. The van der Waals surface area contributed by atoms with Crippen LogP contribution < -0.4 is 9.47 Å². The fourth-order valence-corrected chi connectivity index (χ4v) is 5.49. The molecule has 0 aliphatic carbocycles. The predicted octanol–water partition coefficient (Wildman–Crippen LogP) is 3.36. The summed E-state index contributed by atoms with van der Waals surface area (Å²) in [4.78, 5) is 14.6. The number of halogens is 1. The first-order valence-corrected chi connectivity index (χ1v) is 10.9. The fourth-order valence-electron chi connectivity index (χ4n) is 3.35. The van der Waals surface area contributed by atoms with E-state index in [-0.39, 0.29) is 18.2 Å². The lowest BCUT2D eigenvalue weighted by molar-refractivity contribution is 0.0766. The third kappa shape index (κ3) is 4.25. The van der Waals surface area contributed by atoms with Crippen molar-refractivity contribution in [3.05, 3.63) is 58.6 Å². The Hall–Kier alpha value is -2.25. The number of amides is 1. The third-order valence-electron chi connectivity index (χ3n) is 4.88. The Balaban J connectivity index is 1.87. The molecule has 8 heteroatoms. The topological polar surface area (TPSA) is 72.9 Å². The molecule has 0 bridgehead atoms. The smallest absolute Gasteiger partial charge is 0.254 e. The van der Waals surface area contributed by atoms with E-state index in [1.54, 1.807) is 47.4 Å². The van der Waals surface area contributed by atoms with E-state index in [9.17, 15) is 13.2 Å². The highest BCUT2D eigenvalue weighted by Gasteiger charge is 2.34. The van der Waals surface area contributed by atoms with Crippen molar-refractivity contribution in [3.63, 3.8) is 0 Å². The van der Waals surface area contributed by atoms with Gasteiger partial charge in [-0.05, 0) is 30.2 Å². The summed E-state index contributed by atoms with van der Waals surface area (Å²) < 4.78 is 36.1. The van der Waals surface area contributed by atoms with Crippen molar-refractivity contribution in [1.82, 2.24) is 4.90 Å². The van der Waals surface area contributed by atoms with Crippen molar-refractivity contribution in [3.8, 4) is 11.5 Å². The summed E-state index contributed by atoms with van der Waals surface area (Å²) in [6.07, 6.45) is 0.291. The van der Waals surface area contributed by atoms with Crippen LogP contribution in [0.25, 0.3) is 0 Å². The summed E-state index contributed by atoms with van der Waals surface area (Å²) in [5.74, 6) is 0.626. The minimum Gasteiger partial charge on any atom is -0.497 e. The van der Waals surface area contributed by atoms with Gasteiger partial charge in [-0.1, -0.05) is 29.8 Å². The second kappa shape index (κ2) is 8.41. The second-order valence-electron chi connectivity index (χ2n) is 6.56. The van der Waals surface area contributed by atoms with Crippen LogP contribution in [0.15, 0.2) is 42.5 Å². The van der Waals surface area contributed by atoms with Gasteiger partial charge in [0.05, 0.1) is 25.2 Å². The van der Waals surface area contributed by atoms with Crippen molar-refractivity contribution >= 4 is 27.3 Å². The maximum atomic E-state index is 13.0. The third-order valence-corrected chi connectivity index (χ3v) is 7.33. The maximum Gasteiger partial charge on any atom is 0.254 e. The van der Waals surface area contributed by atoms with Gasteiger partial charge in [0, 0.05) is 29.7 Å². The van der Waals surface area contributed by atoms with E-state index in [4.69, 9.17) is 21.1 Å². The van der Waals surface area contributed by atoms with Gasteiger partial charge >= 0.3 is 0 Å². The number of hydrogen-bond acceptors (Lipinski definition) is 5. The molecule has 0 N–H and O–H groups in total. The zero-order chi connectivity index (χ0) is 20.3. The number of methoxy groups -OCH3 is 2. The highest BCUT2D eigenvalue weighted by atomic mass is 35.5. The molecule has 1 aliphatic rings. The molecule has 1 heterocycles. The monoisotopic (exact) mass is 423 g/mol. The molecule has 3 rings (SSSR count). The lowest BCUT2D eigenvalue weighted by atomic mass is 10.1. The highest BCUT2D eigenvalue weighted by molar-refractivity contribution is 7.91. The van der Waals surface area contributed by atoms with E-state index in [1.165, 1.54) is 14.2 Å². The van der Waals surface area contributed by atoms with Gasteiger partial charge in [0.1, 0.15) is 11.5 Å². The Kier molecular flexibility index (Phi) is 6.15. The number of benzene rings is 2. The van der Waals surface area contributed by atoms with Crippen molar-refractivity contribution in [2.45, 2.75) is 11.7 Å². The molecule has 1 unspecified atom stereocenters. The van der Waals surface area contributed by atoms with Crippen LogP contribution in [0.4, 0.5) is 0 Å². The molecule has 2 aromatic rings. The van der Waals surface area contributed by atoms with Gasteiger partial charge < -0.3 is 14.4 Å². The quantitative estimate of drug-likeness (QED) is 0.753. The van der Waals surface area contributed by atoms with Gasteiger partial charge in [0.15, 0.2) is 9.84 Å². The second-order valence-corrected chi connectivity index (χ2v) is 9.27. The summed E-state index contributed by atoms with van der Waals surface area (Å²) in [7, 11) is -0.418. The minimum atomic E-state index is -3.44. The summed E-state index contributed by atoms with van der Waals surface area (Å²) in [6, 6.07) is 11.9. The van der Waals surface area contributed by atoms with Crippen LogP contribution in [-0.2, 0) is 9.84 Å². The lowest BCUT2D eigenvalue weighted by Gasteiger charge is -2.21. The first-order chi connectivity index (χ1) is 13.4. The molecule has 0 radical (unpaired) electrons. The van der Waals surface area contributed by atoms with Crippen molar-refractivity contribution in [2.24, 2.45) is 0 Å². The van der Waals surface area contributed by atoms with E-state index < -0.39 is 15.1 Å². The molecule has 1 aliphatic heterocycles. The maximum absolute atomic E-state index is 13.0. The first-order valence-electron chi connectivity index (χ1n) is 8.84. The molecule has 6 nitrogen and oxygen atoms in total. The van der Waals surface area contributed by atoms with Gasteiger partial charge in [-0.2, -0.15) is 0 Å². The molecule has 0 spiro atoms. The number of carbonyl (C=O) groups excluding carboxylic acids is 1. The number of rotatable bonds is 4. The van der Waals surface area contributed by atoms with Gasteiger partial charge in [0.2, 0.25) is 0 Å². The number of carbonyl (C=O) groups is 1. The Morgan fingerprint density at radius 3 is 2.32 bits per heavy atom. The van der Waals surface area contributed by atoms with E-state index in [0.29, 0.717) is 40.6 Å². The standard InChI is InChI=1S/C20H22ClNO5S/c1-26-15-11-14(12-16(13-15)27-2)20(23)22-8-7-19(28(24,25)10-9-22)17-5-3-4-6-18(17)21/h3-6,11-13,19H,7-10H2,1-2H3.